The zero-order chi connectivity index (χ0) is 22.2. The summed E-state index contributed by atoms with van der Waals surface area (Å²) < 4.78 is 11.9. The molecule has 0 radical (unpaired) electrons. The van der Waals surface area contributed by atoms with Gasteiger partial charge in [0.2, 0.25) is 11.1 Å². The van der Waals surface area contributed by atoms with Crippen molar-refractivity contribution in [2.45, 2.75) is 5.75 Å². The molecule has 13 nitrogen and oxygen atoms in total. The highest BCUT2D eigenvalue weighted by Crippen LogP contribution is 2.19. The largest absolute Gasteiger partial charge is 0.478 e. The Bertz CT molecular complexity index is 823. The van der Waals surface area contributed by atoms with Gasteiger partial charge < -0.3 is 27.0 Å². The van der Waals surface area contributed by atoms with Crippen LogP contribution in [0.15, 0.2) is 27.5 Å². The fourth-order valence-electron chi connectivity index (χ4n) is 1.42. The van der Waals surface area contributed by atoms with Crippen LogP contribution in [-0.2, 0) is 26.1 Å². The number of thiazole rings is 1. The quantitative estimate of drug-likeness (QED) is 0.0902. The van der Waals surface area contributed by atoms with Crippen LogP contribution in [0, 0.1) is 11.5 Å². The summed E-state index contributed by atoms with van der Waals surface area (Å²) in [6.45, 7) is 0.429. The number of hydrogen-bond acceptors (Lipinski definition) is 8. The third-order valence-corrected chi connectivity index (χ3v) is 4.52. The van der Waals surface area contributed by atoms with Gasteiger partial charge in [0, 0.05) is 47.7 Å². The summed E-state index contributed by atoms with van der Waals surface area (Å²) in [4.78, 5) is 30.9. The maximum atomic E-state index is 11.9. The lowest BCUT2D eigenvalue weighted by molar-refractivity contribution is -0.134. The van der Waals surface area contributed by atoms with Crippen LogP contribution in [0.4, 0.5) is 5.13 Å². The van der Waals surface area contributed by atoms with Crippen LogP contribution >= 0.6 is 11.3 Å². The molecule has 0 aliphatic heterocycles. The van der Waals surface area contributed by atoms with E-state index >= 15 is 0 Å². The molecule has 0 fully saturated rings. The number of nitriles is 1. The molecule has 0 amide bonds. The lowest BCUT2D eigenvalue weighted by atomic mass is 10.5. The summed E-state index contributed by atoms with van der Waals surface area (Å²) in [7, 11) is 0.458. The molecule has 158 valence electrons. The zero-order valence-corrected chi connectivity index (χ0v) is 16.9. The molecule has 8 N–H and O–H groups in total. The molecule has 0 saturated carbocycles. The summed E-state index contributed by atoms with van der Waals surface area (Å²) in [5, 5.41) is 31.5. The fourth-order valence-corrected chi connectivity index (χ4v) is 3.18. The van der Waals surface area contributed by atoms with E-state index in [1.807, 2.05) is 0 Å². The van der Waals surface area contributed by atoms with Crippen molar-refractivity contribution in [3.05, 3.63) is 23.2 Å². The Morgan fingerprint density at radius 1 is 1.38 bits per heavy atom. The number of carbonyl (C=O) groups is 2. The minimum absolute atomic E-state index is 0.0578. The molecule has 0 saturated heterocycles. The van der Waals surface area contributed by atoms with E-state index in [1.165, 1.54) is 11.3 Å². The van der Waals surface area contributed by atoms with E-state index in [9.17, 15) is 13.8 Å². The van der Waals surface area contributed by atoms with Crippen LogP contribution in [0.2, 0.25) is 0 Å². The van der Waals surface area contributed by atoms with Crippen molar-refractivity contribution >= 4 is 51.1 Å². The number of carboxylic acids is 2. The number of nitrogens with two attached hydrogens (primary N) is 2. The third kappa shape index (κ3) is 14.2. The van der Waals surface area contributed by atoms with E-state index in [-0.39, 0.29) is 5.96 Å². The Labute approximate surface area is 172 Å². The minimum Gasteiger partial charge on any atom is -0.478 e. The van der Waals surface area contributed by atoms with E-state index in [1.54, 1.807) is 18.6 Å². The molecule has 1 heterocycles. The summed E-state index contributed by atoms with van der Waals surface area (Å²) >= 11 is 1.28. The second kappa shape index (κ2) is 14.5. The van der Waals surface area contributed by atoms with Crippen LogP contribution in [0.1, 0.15) is 5.69 Å². The molecule has 15 heteroatoms. The van der Waals surface area contributed by atoms with Gasteiger partial charge in [0.25, 0.3) is 0 Å². The normalized spacial score (nSPS) is 11.5. The first-order valence-corrected chi connectivity index (χ1v) is 9.93. The van der Waals surface area contributed by atoms with Gasteiger partial charge in [-0.05, 0) is 0 Å². The number of nitrogens with zero attached hydrogens (tertiary/aromatic N) is 4. The first-order chi connectivity index (χ1) is 13.7. The van der Waals surface area contributed by atoms with Crippen LogP contribution in [0.5, 0.6) is 0 Å². The van der Waals surface area contributed by atoms with Gasteiger partial charge in [-0.1, -0.05) is 0 Å². The Morgan fingerprint density at radius 3 is 2.48 bits per heavy atom. The second-order valence-corrected chi connectivity index (χ2v) is 7.11. The number of carboxylic acid groups (broad SMARTS) is 2. The maximum absolute atomic E-state index is 11.9. The molecule has 1 rings (SSSR count). The van der Waals surface area contributed by atoms with Crippen molar-refractivity contribution in [1.82, 2.24) is 15.6 Å². The Morgan fingerprint density at radius 2 is 2.00 bits per heavy atom. The standard InChI is InChI=1S/C10H16N8OS2.C4H4O4/c1-14-9(16-6-11)15-2-3-21(19)5-7-4-20-10(17-7)18-8(12)13;5-3(6)1-2-4(7)8/h4H,2-3,5H2,1H3,(H2,14,15,16)(H4,12,13,17,18);1-2H,(H,5,6)(H,7,8)/b;2-1-. The summed E-state index contributed by atoms with van der Waals surface area (Å²) in [6, 6.07) is 0. The highest BCUT2D eigenvalue weighted by Gasteiger charge is 2.07. The van der Waals surface area contributed by atoms with Crippen molar-refractivity contribution in [3.63, 3.8) is 0 Å². The van der Waals surface area contributed by atoms with Crippen molar-refractivity contribution in [2.75, 3.05) is 19.3 Å². The summed E-state index contributed by atoms with van der Waals surface area (Å²) in [5.74, 6) is -1.50. The first-order valence-electron chi connectivity index (χ1n) is 7.56. The summed E-state index contributed by atoms with van der Waals surface area (Å²) in [5.41, 5.74) is 11.2. The van der Waals surface area contributed by atoms with Gasteiger partial charge in [-0.25, -0.2) is 14.6 Å². The van der Waals surface area contributed by atoms with E-state index in [2.05, 4.69) is 25.6 Å². The fraction of sp³-hybridized carbons (Fsp3) is 0.286. The smallest absolute Gasteiger partial charge is 0.328 e. The second-order valence-electron chi connectivity index (χ2n) is 4.69. The van der Waals surface area contributed by atoms with Gasteiger partial charge in [-0.3, -0.25) is 14.5 Å². The number of guanidine groups is 2. The Hall–Kier alpha value is -3.51. The van der Waals surface area contributed by atoms with Crippen molar-refractivity contribution in [1.29, 1.82) is 5.26 Å². The topological polar surface area (TPSA) is 229 Å². The van der Waals surface area contributed by atoms with Crippen LogP contribution < -0.4 is 22.1 Å². The predicted octanol–water partition coefficient (Wildman–Crippen LogP) is -1.35. The molecule has 0 aromatic carbocycles. The number of hydrogen-bond donors (Lipinski definition) is 6. The molecule has 1 aromatic heterocycles. The van der Waals surface area contributed by atoms with Crippen molar-refractivity contribution < 1.29 is 24.0 Å². The molecule has 29 heavy (non-hydrogen) atoms. The lowest BCUT2D eigenvalue weighted by Crippen LogP contribution is -2.36. The number of aliphatic carboxylic acids is 2. The first kappa shape index (κ1) is 25.5. The number of aromatic nitrogens is 1. The molecular weight excluding hydrogens is 424 g/mol. The molecular formula is C14H20N8O5S2. The average molecular weight is 444 g/mol. The molecule has 1 unspecified atom stereocenters. The zero-order valence-electron chi connectivity index (χ0n) is 15.2. The van der Waals surface area contributed by atoms with Gasteiger partial charge >= 0.3 is 11.9 Å². The minimum atomic E-state index is -1.26. The number of aliphatic imine (C=N–C) groups is 2. The molecule has 0 spiro atoms. The van der Waals surface area contributed by atoms with Gasteiger partial charge in [0.1, 0.15) is 0 Å². The summed E-state index contributed by atoms with van der Waals surface area (Å²) in [6.07, 6.45) is 2.87. The van der Waals surface area contributed by atoms with Gasteiger partial charge in [0.15, 0.2) is 12.2 Å². The Balaban J connectivity index is 0.000000828. The van der Waals surface area contributed by atoms with E-state index < -0.39 is 22.7 Å². The van der Waals surface area contributed by atoms with Crippen molar-refractivity contribution in [3.8, 4) is 6.19 Å². The molecule has 1 aromatic rings. The molecule has 0 aliphatic rings. The van der Waals surface area contributed by atoms with Crippen LogP contribution in [0.3, 0.4) is 0 Å². The van der Waals surface area contributed by atoms with Crippen LogP contribution in [0.25, 0.3) is 0 Å². The lowest BCUT2D eigenvalue weighted by Gasteiger charge is -2.06. The van der Waals surface area contributed by atoms with E-state index in [4.69, 9.17) is 26.9 Å². The Kier molecular flexibility index (Phi) is 12.8. The average Bonchev–Trinajstić information content (AvgIpc) is 3.05. The van der Waals surface area contributed by atoms with Gasteiger partial charge in [-0.15, -0.1) is 11.3 Å². The van der Waals surface area contributed by atoms with Gasteiger partial charge in [0.05, 0.1) is 11.4 Å². The monoisotopic (exact) mass is 444 g/mol. The van der Waals surface area contributed by atoms with Crippen LogP contribution in [-0.4, -0.2) is 62.6 Å². The molecule has 1 atom stereocenters. The predicted molar refractivity (Wildman–Crippen MR) is 109 cm³/mol. The van der Waals surface area contributed by atoms with Crippen molar-refractivity contribution in [2.24, 2.45) is 21.5 Å². The molecule has 0 aliphatic carbocycles. The highest BCUT2D eigenvalue weighted by molar-refractivity contribution is 7.84. The maximum Gasteiger partial charge on any atom is 0.328 e. The van der Waals surface area contributed by atoms with E-state index in [0.717, 1.165) is 0 Å². The SMILES string of the molecule is CN=C(NC#N)NCCS(=O)Cc1csc(N=C(N)N)n1.O=C(O)/C=C\C(=O)O. The number of nitrogens with one attached hydrogen (secondary N) is 2. The third-order valence-electron chi connectivity index (χ3n) is 2.46. The van der Waals surface area contributed by atoms with E-state index in [0.29, 0.717) is 47.0 Å². The molecule has 0 bridgehead atoms. The highest BCUT2D eigenvalue weighted by atomic mass is 32.2. The van der Waals surface area contributed by atoms with Gasteiger partial charge in [-0.2, -0.15) is 10.3 Å². The number of rotatable bonds is 8.